The van der Waals surface area contributed by atoms with Gasteiger partial charge in [-0.1, -0.05) is 17.7 Å². The largest absolute Gasteiger partial charge is 0.314 e. The monoisotopic (exact) mass is 297 g/mol. The van der Waals surface area contributed by atoms with Gasteiger partial charge >= 0.3 is 10.2 Å². The second-order valence-corrected chi connectivity index (χ2v) is 7.15. The molecule has 0 aliphatic heterocycles. The Hall–Kier alpha value is -1.11. The van der Waals surface area contributed by atoms with Gasteiger partial charge in [0.1, 0.15) is 0 Å². The average Bonchev–Trinajstić information content (AvgIpc) is 3.21. The van der Waals surface area contributed by atoms with Gasteiger partial charge in [0.25, 0.3) is 0 Å². The molecule has 112 valence electrons. The fourth-order valence-electron chi connectivity index (χ4n) is 1.86. The van der Waals surface area contributed by atoms with E-state index in [4.69, 9.17) is 0 Å². The Kier molecular flexibility index (Phi) is 5.01. The highest BCUT2D eigenvalue weighted by Gasteiger charge is 2.20. The van der Waals surface area contributed by atoms with Crippen LogP contribution in [-0.2, 0) is 10.2 Å². The van der Waals surface area contributed by atoms with E-state index >= 15 is 0 Å². The van der Waals surface area contributed by atoms with Crippen LogP contribution in [0.2, 0.25) is 0 Å². The van der Waals surface area contributed by atoms with Gasteiger partial charge in [0.2, 0.25) is 0 Å². The molecule has 1 saturated carbocycles. The molecule has 1 aromatic carbocycles. The summed E-state index contributed by atoms with van der Waals surface area (Å²) in [5, 5.41) is 3.38. The van der Waals surface area contributed by atoms with E-state index in [0.29, 0.717) is 18.3 Å². The predicted octanol–water partition coefficient (Wildman–Crippen LogP) is 1.73. The molecule has 1 aliphatic rings. The van der Waals surface area contributed by atoms with Crippen LogP contribution in [0.3, 0.4) is 0 Å². The lowest BCUT2D eigenvalue weighted by Crippen LogP contribution is -2.34. The molecule has 0 aromatic heterocycles. The molecule has 1 aliphatic carbocycles. The van der Waals surface area contributed by atoms with Gasteiger partial charge in [-0.25, -0.2) is 0 Å². The molecule has 0 radical (unpaired) electrons. The third-order valence-electron chi connectivity index (χ3n) is 3.37. The molecule has 0 amide bonds. The fraction of sp³-hybridized carbons (Fsp3) is 0.571. The van der Waals surface area contributed by atoms with E-state index in [1.54, 1.807) is 19.2 Å². The SMILES string of the molecule is Cc1ccc(NS(=O)(=O)N(C)CCCNC2CC2)cc1. The zero-order valence-corrected chi connectivity index (χ0v) is 12.9. The molecule has 0 spiro atoms. The Morgan fingerprint density at radius 3 is 2.50 bits per heavy atom. The third-order valence-corrected chi connectivity index (χ3v) is 4.87. The molecule has 0 heterocycles. The van der Waals surface area contributed by atoms with E-state index < -0.39 is 10.2 Å². The van der Waals surface area contributed by atoms with Gasteiger partial charge in [-0.15, -0.1) is 0 Å². The van der Waals surface area contributed by atoms with Crippen molar-refractivity contribution in [3.8, 4) is 0 Å². The van der Waals surface area contributed by atoms with Crippen molar-refractivity contribution in [3.63, 3.8) is 0 Å². The minimum atomic E-state index is -3.46. The molecular weight excluding hydrogens is 274 g/mol. The van der Waals surface area contributed by atoms with E-state index in [-0.39, 0.29) is 0 Å². The maximum Gasteiger partial charge on any atom is 0.301 e. The van der Waals surface area contributed by atoms with Crippen LogP contribution in [0.4, 0.5) is 5.69 Å². The highest BCUT2D eigenvalue weighted by atomic mass is 32.2. The summed E-state index contributed by atoms with van der Waals surface area (Å²) in [5.74, 6) is 0. The standard InChI is InChI=1S/C14H23N3O2S/c1-12-4-6-14(7-5-12)16-20(18,19)17(2)11-3-10-15-13-8-9-13/h4-7,13,15-16H,3,8-11H2,1-2H3. The normalized spacial score (nSPS) is 15.6. The summed E-state index contributed by atoms with van der Waals surface area (Å²) < 4.78 is 28.2. The van der Waals surface area contributed by atoms with Crippen molar-refractivity contribution < 1.29 is 8.42 Å². The highest BCUT2D eigenvalue weighted by Crippen LogP contribution is 2.18. The first kappa shape index (κ1) is 15.3. The summed E-state index contributed by atoms with van der Waals surface area (Å²) in [5.41, 5.74) is 1.70. The number of hydrogen-bond acceptors (Lipinski definition) is 3. The van der Waals surface area contributed by atoms with Gasteiger partial charge in [0, 0.05) is 25.3 Å². The zero-order valence-electron chi connectivity index (χ0n) is 12.1. The number of anilines is 1. The predicted molar refractivity (Wildman–Crippen MR) is 82.0 cm³/mol. The number of nitrogens with one attached hydrogen (secondary N) is 2. The summed E-state index contributed by atoms with van der Waals surface area (Å²) in [6.07, 6.45) is 3.33. The van der Waals surface area contributed by atoms with Crippen molar-refractivity contribution in [3.05, 3.63) is 29.8 Å². The minimum absolute atomic E-state index is 0.515. The number of rotatable bonds is 8. The lowest BCUT2D eigenvalue weighted by Gasteiger charge is -2.18. The summed E-state index contributed by atoms with van der Waals surface area (Å²) >= 11 is 0. The molecule has 2 N–H and O–H groups in total. The topological polar surface area (TPSA) is 61.4 Å². The van der Waals surface area contributed by atoms with Gasteiger partial charge in [-0.2, -0.15) is 12.7 Å². The molecule has 0 saturated heterocycles. The van der Waals surface area contributed by atoms with Crippen molar-refractivity contribution in [2.75, 3.05) is 24.9 Å². The van der Waals surface area contributed by atoms with Crippen LogP contribution in [0.1, 0.15) is 24.8 Å². The van der Waals surface area contributed by atoms with Crippen LogP contribution >= 0.6 is 0 Å². The Bertz CT molecular complexity index is 524. The minimum Gasteiger partial charge on any atom is -0.314 e. The summed E-state index contributed by atoms with van der Waals surface area (Å²) in [6, 6.07) is 7.99. The number of nitrogens with zero attached hydrogens (tertiary/aromatic N) is 1. The van der Waals surface area contributed by atoms with Crippen LogP contribution in [0.15, 0.2) is 24.3 Å². The van der Waals surface area contributed by atoms with E-state index in [0.717, 1.165) is 18.5 Å². The number of benzene rings is 1. The molecule has 5 nitrogen and oxygen atoms in total. The van der Waals surface area contributed by atoms with Crippen LogP contribution in [0.25, 0.3) is 0 Å². The average molecular weight is 297 g/mol. The van der Waals surface area contributed by atoms with E-state index in [1.165, 1.54) is 17.1 Å². The Morgan fingerprint density at radius 1 is 1.25 bits per heavy atom. The van der Waals surface area contributed by atoms with Gasteiger partial charge in [-0.3, -0.25) is 4.72 Å². The molecule has 0 atom stereocenters. The molecule has 6 heteroatoms. The molecule has 1 aromatic rings. The van der Waals surface area contributed by atoms with Crippen molar-refractivity contribution in [2.45, 2.75) is 32.2 Å². The Balaban J connectivity index is 1.79. The summed E-state index contributed by atoms with van der Waals surface area (Å²) in [6.45, 7) is 3.35. The van der Waals surface area contributed by atoms with Crippen LogP contribution in [-0.4, -0.2) is 38.9 Å². The van der Waals surface area contributed by atoms with Crippen LogP contribution < -0.4 is 10.0 Å². The van der Waals surface area contributed by atoms with E-state index in [1.807, 2.05) is 19.1 Å². The first-order valence-corrected chi connectivity index (χ1v) is 8.45. The van der Waals surface area contributed by atoms with Gasteiger partial charge < -0.3 is 5.32 Å². The fourth-order valence-corrected chi connectivity index (χ4v) is 2.82. The van der Waals surface area contributed by atoms with Crippen molar-refractivity contribution in [1.29, 1.82) is 0 Å². The lowest BCUT2D eigenvalue weighted by molar-refractivity contribution is 0.458. The van der Waals surface area contributed by atoms with Gasteiger partial charge in [0.05, 0.1) is 0 Å². The molecule has 2 rings (SSSR count). The summed E-state index contributed by atoms with van der Waals surface area (Å²) in [4.78, 5) is 0. The third kappa shape index (κ3) is 4.77. The first-order valence-electron chi connectivity index (χ1n) is 7.01. The number of aryl methyl sites for hydroxylation is 1. The quantitative estimate of drug-likeness (QED) is 0.718. The maximum atomic E-state index is 12.1. The van der Waals surface area contributed by atoms with E-state index in [9.17, 15) is 8.42 Å². The Morgan fingerprint density at radius 2 is 1.90 bits per heavy atom. The van der Waals surface area contributed by atoms with Crippen LogP contribution in [0, 0.1) is 6.92 Å². The first-order chi connectivity index (χ1) is 9.47. The van der Waals surface area contributed by atoms with Crippen molar-refractivity contribution >= 4 is 15.9 Å². The maximum absolute atomic E-state index is 12.1. The van der Waals surface area contributed by atoms with Gasteiger partial charge in [0.15, 0.2) is 0 Å². The van der Waals surface area contributed by atoms with Gasteiger partial charge in [-0.05, 0) is 44.9 Å². The van der Waals surface area contributed by atoms with Crippen LogP contribution in [0.5, 0.6) is 0 Å². The smallest absolute Gasteiger partial charge is 0.301 e. The highest BCUT2D eigenvalue weighted by molar-refractivity contribution is 7.90. The number of hydrogen-bond donors (Lipinski definition) is 2. The molecule has 0 unspecified atom stereocenters. The Labute approximate surface area is 121 Å². The molecule has 20 heavy (non-hydrogen) atoms. The molecule has 1 fully saturated rings. The summed E-state index contributed by atoms with van der Waals surface area (Å²) in [7, 11) is -1.85. The van der Waals surface area contributed by atoms with E-state index in [2.05, 4.69) is 10.0 Å². The lowest BCUT2D eigenvalue weighted by atomic mass is 10.2. The zero-order chi connectivity index (χ0) is 14.6. The second-order valence-electron chi connectivity index (χ2n) is 5.38. The molecular formula is C14H23N3O2S. The van der Waals surface area contributed by atoms with Crippen molar-refractivity contribution in [2.24, 2.45) is 0 Å². The molecule has 0 bridgehead atoms. The second kappa shape index (κ2) is 6.56. The van der Waals surface area contributed by atoms with Crippen molar-refractivity contribution in [1.82, 2.24) is 9.62 Å².